The van der Waals surface area contributed by atoms with Crippen LogP contribution in [0.2, 0.25) is 0 Å². The first-order chi connectivity index (χ1) is 6.70. The number of ether oxygens (including phenoxy) is 1. The van der Waals surface area contributed by atoms with Crippen LogP contribution in [0, 0.1) is 0 Å². The van der Waals surface area contributed by atoms with E-state index in [9.17, 15) is 5.11 Å². The van der Waals surface area contributed by atoms with Crippen LogP contribution in [0.15, 0.2) is 24.3 Å². The minimum Gasteiger partial charge on any atom is -0.496 e. The van der Waals surface area contributed by atoms with Crippen LogP contribution < -0.4 is 10.5 Å². The van der Waals surface area contributed by atoms with Crippen molar-refractivity contribution in [1.29, 1.82) is 0 Å². The van der Waals surface area contributed by atoms with Gasteiger partial charge in [0.25, 0.3) is 0 Å². The van der Waals surface area contributed by atoms with Gasteiger partial charge in [0.05, 0.1) is 19.3 Å². The zero-order valence-electron chi connectivity index (χ0n) is 8.60. The summed E-state index contributed by atoms with van der Waals surface area (Å²) in [5.74, 6) is 0.729. The molecule has 0 unspecified atom stereocenters. The molecule has 0 aromatic heterocycles. The molecule has 0 aliphatic rings. The lowest BCUT2D eigenvalue weighted by molar-refractivity contribution is 0.139. The van der Waals surface area contributed by atoms with Gasteiger partial charge < -0.3 is 15.6 Å². The molecule has 0 fully saturated rings. The molecule has 0 heterocycles. The van der Waals surface area contributed by atoms with Gasteiger partial charge in [0.1, 0.15) is 5.75 Å². The molecule has 0 spiro atoms. The predicted molar refractivity (Wildman–Crippen MR) is 56.2 cm³/mol. The topological polar surface area (TPSA) is 55.5 Å². The highest BCUT2D eigenvalue weighted by Gasteiger charge is 2.17. The van der Waals surface area contributed by atoms with Gasteiger partial charge in [-0.15, -0.1) is 0 Å². The van der Waals surface area contributed by atoms with E-state index in [-0.39, 0.29) is 6.04 Å². The summed E-state index contributed by atoms with van der Waals surface area (Å²) in [6.07, 6.45) is 0.116. The molecule has 3 N–H and O–H groups in total. The van der Waals surface area contributed by atoms with Gasteiger partial charge in [0, 0.05) is 5.56 Å². The molecule has 14 heavy (non-hydrogen) atoms. The molecule has 1 aromatic carbocycles. The van der Waals surface area contributed by atoms with Gasteiger partial charge >= 0.3 is 0 Å². The molecule has 0 amide bonds. The van der Waals surface area contributed by atoms with Crippen LogP contribution in [0.3, 0.4) is 0 Å². The predicted octanol–water partition coefficient (Wildman–Crippen LogP) is 1.47. The summed E-state index contributed by atoms with van der Waals surface area (Å²) in [4.78, 5) is 0. The lowest BCUT2D eigenvalue weighted by atomic mass is 10.00. The number of aliphatic hydroxyl groups excluding tert-OH is 1. The van der Waals surface area contributed by atoms with Gasteiger partial charge in [0.15, 0.2) is 0 Å². The molecule has 0 radical (unpaired) electrons. The van der Waals surface area contributed by atoms with E-state index in [2.05, 4.69) is 0 Å². The first-order valence-electron chi connectivity index (χ1n) is 4.77. The maximum atomic E-state index is 9.62. The number of para-hydroxylation sites is 1. The van der Waals surface area contributed by atoms with Crippen LogP contribution in [-0.2, 0) is 0 Å². The van der Waals surface area contributed by atoms with E-state index in [1.165, 1.54) is 0 Å². The van der Waals surface area contributed by atoms with Gasteiger partial charge in [-0.3, -0.25) is 0 Å². The molecule has 0 aliphatic heterocycles. The van der Waals surface area contributed by atoms with Gasteiger partial charge in [-0.05, 0) is 12.5 Å². The van der Waals surface area contributed by atoms with Crippen LogP contribution in [0.25, 0.3) is 0 Å². The Labute approximate surface area is 84.5 Å². The fourth-order valence-electron chi connectivity index (χ4n) is 1.40. The Morgan fingerprint density at radius 2 is 2.07 bits per heavy atom. The minimum absolute atomic E-state index is 0.379. The summed E-state index contributed by atoms with van der Waals surface area (Å²) in [5.41, 5.74) is 6.75. The van der Waals surface area contributed by atoms with Crippen molar-refractivity contribution in [3.8, 4) is 5.75 Å². The summed E-state index contributed by atoms with van der Waals surface area (Å²) in [6, 6.07) is 7.11. The highest BCUT2D eigenvalue weighted by atomic mass is 16.5. The van der Waals surface area contributed by atoms with E-state index in [0.717, 1.165) is 11.3 Å². The van der Waals surface area contributed by atoms with E-state index in [1.54, 1.807) is 7.11 Å². The summed E-state index contributed by atoms with van der Waals surface area (Å²) < 4.78 is 5.17. The van der Waals surface area contributed by atoms with Gasteiger partial charge in [-0.25, -0.2) is 0 Å². The Kier molecular flexibility index (Phi) is 3.92. The zero-order valence-corrected chi connectivity index (χ0v) is 8.60. The fraction of sp³-hybridized carbons (Fsp3) is 0.455. The van der Waals surface area contributed by atoms with Crippen molar-refractivity contribution in [2.75, 3.05) is 7.11 Å². The third-order valence-electron chi connectivity index (χ3n) is 2.33. The molecule has 1 aromatic rings. The molecule has 2 atom stereocenters. The number of benzene rings is 1. The Morgan fingerprint density at radius 1 is 1.43 bits per heavy atom. The number of nitrogens with two attached hydrogens (primary N) is 1. The van der Waals surface area contributed by atoms with Crippen LogP contribution in [0.1, 0.15) is 24.9 Å². The largest absolute Gasteiger partial charge is 0.496 e. The molecule has 3 nitrogen and oxygen atoms in total. The second-order valence-corrected chi connectivity index (χ2v) is 3.24. The molecular formula is C11H17NO2. The molecule has 0 saturated heterocycles. The standard InChI is InChI=1S/C11H17NO2/c1-3-9(13)11(12)8-6-4-5-7-10(8)14-2/h4-7,9,11,13H,3,12H2,1-2H3/t9-,11+/m1/s1. The molecule has 0 aliphatic carbocycles. The van der Waals surface area contributed by atoms with E-state index in [0.29, 0.717) is 6.42 Å². The van der Waals surface area contributed by atoms with Gasteiger partial charge in [0.2, 0.25) is 0 Å². The molecular weight excluding hydrogens is 178 g/mol. The summed E-state index contributed by atoms with van der Waals surface area (Å²) in [5, 5.41) is 9.62. The maximum Gasteiger partial charge on any atom is 0.123 e. The Balaban J connectivity index is 2.93. The van der Waals surface area contributed by atoms with Crippen molar-refractivity contribution in [3.63, 3.8) is 0 Å². The van der Waals surface area contributed by atoms with E-state index >= 15 is 0 Å². The van der Waals surface area contributed by atoms with E-state index in [1.807, 2.05) is 31.2 Å². The van der Waals surface area contributed by atoms with Crippen molar-refractivity contribution in [2.45, 2.75) is 25.5 Å². The van der Waals surface area contributed by atoms with Crippen molar-refractivity contribution >= 4 is 0 Å². The quantitative estimate of drug-likeness (QED) is 0.764. The molecule has 3 heteroatoms. The number of hydrogen-bond donors (Lipinski definition) is 2. The van der Waals surface area contributed by atoms with E-state index in [4.69, 9.17) is 10.5 Å². The van der Waals surface area contributed by atoms with Gasteiger partial charge in [-0.2, -0.15) is 0 Å². The van der Waals surface area contributed by atoms with Crippen molar-refractivity contribution in [3.05, 3.63) is 29.8 Å². The van der Waals surface area contributed by atoms with Crippen molar-refractivity contribution in [2.24, 2.45) is 5.73 Å². The maximum absolute atomic E-state index is 9.62. The average molecular weight is 195 g/mol. The molecule has 0 bridgehead atoms. The minimum atomic E-state index is -0.522. The number of aliphatic hydroxyl groups is 1. The Hall–Kier alpha value is -1.06. The summed E-state index contributed by atoms with van der Waals surface area (Å²) in [6.45, 7) is 1.90. The molecule has 0 saturated carbocycles. The van der Waals surface area contributed by atoms with Gasteiger partial charge in [-0.1, -0.05) is 25.1 Å². The summed E-state index contributed by atoms with van der Waals surface area (Å²) in [7, 11) is 1.60. The van der Waals surface area contributed by atoms with Crippen molar-refractivity contribution < 1.29 is 9.84 Å². The van der Waals surface area contributed by atoms with E-state index < -0.39 is 6.10 Å². The molecule has 78 valence electrons. The normalized spacial score (nSPS) is 14.9. The van der Waals surface area contributed by atoms with Crippen LogP contribution in [0.4, 0.5) is 0 Å². The second-order valence-electron chi connectivity index (χ2n) is 3.24. The fourth-order valence-corrected chi connectivity index (χ4v) is 1.40. The number of rotatable bonds is 4. The SMILES string of the molecule is CC[C@@H](O)[C@@H](N)c1ccccc1OC. The van der Waals surface area contributed by atoms with Crippen LogP contribution in [0.5, 0.6) is 5.75 Å². The zero-order chi connectivity index (χ0) is 10.6. The highest BCUT2D eigenvalue weighted by molar-refractivity contribution is 5.36. The van der Waals surface area contributed by atoms with Crippen molar-refractivity contribution in [1.82, 2.24) is 0 Å². The summed E-state index contributed by atoms with van der Waals surface area (Å²) >= 11 is 0. The highest BCUT2D eigenvalue weighted by Crippen LogP contribution is 2.25. The molecule has 1 rings (SSSR count). The van der Waals surface area contributed by atoms with Crippen LogP contribution >= 0.6 is 0 Å². The third-order valence-corrected chi connectivity index (χ3v) is 2.33. The third kappa shape index (κ3) is 2.25. The average Bonchev–Trinajstić information content (AvgIpc) is 2.26. The number of hydrogen-bond acceptors (Lipinski definition) is 3. The first-order valence-corrected chi connectivity index (χ1v) is 4.77. The Bertz CT molecular complexity index is 288. The first kappa shape index (κ1) is 11.0. The lowest BCUT2D eigenvalue weighted by Crippen LogP contribution is -2.25. The monoisotopic (exact) mass is 195 g/mol. The van der Waals surface area contributed by atoms with Crippen LogP contribution in [-0.4, -0.2) is 18.3 Å². The lowest BCUT2D eigenvalue weighted by Gasteiger charge is -2.19. The second kappa shape index (κ2) is 4.98. The Morgan fingerprint density at radius 3 is 2.64 bits per heavy atom. The number of methoxy groups -OCH3 is 1. The smallest absolute Gasteiger partial charge is 0.123 e.